The van der Waals surface area contributed by atoms with Crippen molar-refractivity contribution in [2.75, 3.05) is 6.61 Å². The Kier molecular flexibility index (Phi) is 4.94. The third-order valence-electron chi connectivity index (χ3n) is 1.18. The van der Waals surface area contributed by atoms with E-state index in [-0.39, 0.29) is 13.0 Å². The van der Waals surface area contributed by atoms with Gasteiger partial charge in [-0.1, -0.05) is 0 Å². The largest absolute Gasteiger partial charge is 0.469 e. The van der Waals surface area contributed by atoms with Gasteiger partial charge in [-0.25, -0.2) is 9.36 Å². The van der Waals surface area contributed by atoms with Crippen LogP contribution in [0.25, 0.3) is 0 Å². The molecule has 8 heteroatoms. The predicted octanol–water partition coefficient (Wildman–Crippen LogP) is 0.142. The van der Waals surface area contributed by atoms with E-state index >= 15 is 0 Å². The number of rotatable bonds is 5. The van der Waals surface area contributed by atoms with Crippen molar-refractivity contribution in [2.45, 2.75) is 19.4 Å². The average Bonchev–Trinajstić information content (AvgIpc) is 1.81. The van der Waals surface area contributed by atoms with Gasteiger partial charge in [0.2, 0.25) is 0 Å². The van der Waals surface area contributed by atoms with Crippen LogP contribution in [0.1, 0.15) is 13.3 Å². The lowest BCUT2D eigenvalue weighted by molar-refractivity contribution is 0.178. The normalized spacial score (nSPS) is 13.8. The first-order chi connectivity index (χ1) is 5.81. The molecule has 0 rings (SSSR count). The zero-order valence-electron chi connectivity index (χ0n) is 7.01. The summed E-state index contributed by atoms with van der Waals surface area (Å²) in [7, 11) is -4.43. The number of phosphoric ester groups is 1. The van der Waals surface area contributed by atoms with Crippen LogP contribution in [0.4, 0.5) is 4.79 Å². The molecule has 0 aromatic rings. The van der Waals surface area contributed by atoms with Crippen LogP contribution in [0, 0.1) is 0 Å². The third-order valence-corrected chi connectivity index (χ3v) is 1.70. The Balaban J connectivity index is 3.54. The van der Waals surface area contributed by atoms with Gasteiger partial charge in [0.1, 0.15) is 0 Å². The van der Waals surface area contributed by atoms with E-state index in [1.165, 1.54) is 0 Å². The molecule has 1 unspecified atom stereocenters. The van der Waals surface area contributed by atoms with Crippen LogP contribution < -0.4 is 5.32 Å². The topological polar surface area (TPSA) is 116 Å². The van der Waals surface area contributed by atoms with Crippen LogP contribution in [-0.4, -0.2) is 33.6 Å². The van der Waals surface area contributed by atoms with E-state index in [4.69, 9.17) is 14.9 Å². The molecule has 0 aliphatic carbocycles. The molecule has 0 saturated carbocycles. The summed E-state index contributed by atoms with van der Waals surface area (Å²) < 4.78 is 14.3. The van der Waals surface area contributed by atoms with E-state index in [1.807, 2.05) is 0 Å². The second kappa shape index (κ2) is 5.18. The Bertz CT molecular complexity index is 213. The molecule has 1 atom stereocenters. The summed E-state index contributed by atoms with van der Waals surface area (Å²) in [6.45, 7) is 1.38. The zero-order valence-corrected chi connectivity index (χ0v) is 7.90. The average molecular weight is 213 g/mol. The molecule has 0 aliphatic rings. The molecule has 0 aromatic heterocycles. The minimum absolute atomic E-state index is 0.189. The predicted molar refractivity (Wildman–Crippen MR) is 43.2 cm³/mol. The highest BCUT2D eigenvalue weighted by molar-refractivity contribution is 7.46. The van der Waals surface area contributed by atoms with E-state index in [1.54, 1.807) is 6.92 Å². The molecule has 0 spiro atoms. The molecule has 0 aromatic carbocycles. The Morgan fingerprint density at radius 3 is 2.54 bits per heavy atom. The van der Waals surface area contributed by atoms with E-state index in [0.717, 1.165) is 0 Å². The highest BCUT2D eigenvalue weighted by Gasteiger charge is 2.14. The van der Waals surface area contributed by atoms with Crippen molar-refractivity contribution in [3.63, 3.8) is 0 Å². The number of carboxylic acid groups (broad SMARTS) is 1. The maximum Gasteiger partial charge on any atom is 0.469 e. The molecule has 0 saturated heterocycles. The fraction of sp³-hybridized carbons (Fsp3) is 0.800. The molecule has 7 nitrogen and oxygen atoms in total. The molecular formula is C5H12NO6P. The minimum atomic E-state index is -4.43. The van der Waals surface area contributed by atoms with Gasteiger partial charge >= 0.3 is 13.9 Å². The summed E-state index contributed by atoms with van der Waals surface area (Å²) in [5.74, 6) is 0. The Morgan fingerprint density at radius 2 is 2.15 bits per heavy atom. The monoisotopic (exact) mass is 213 g/mol. The van der Waals surface area contributed by atoms with Crippen LogP contribution in [0.15, 0.2) is 0 Å². The lowest BCUT2D eigenvalue weighted by Gasteiger charge is -2.11. The summed E-state index contributed by atoms with van der Waals surface area (Å²) in [4.78, 5) is 26.6. The quantitative estimate of drug-likeness (QED) is 0.483. The van der Waals surface area contributed by atoms with Crippen LogP contribution >= 0.6 is 7.82 Å². The molecule has 0 aliphatic heterocycles. The van der Waals surface area contributed by atoms with Gasteiger partial charge in [-0.3, -0.25) is 4.52 Å². The highest BCUT2D eigenvalue weighted by Crippen LogP contribution is 2.35. The van der Waals surface area contributed by atoms with E-state index in [0.29, 0.717) is 0 Å². The number of hydrogen-bond donors (Lipinski definition) is 4. The van der Waals surface area contributed by atoms with Gasteiger partial charge < -0.3 is 20.2 Å². The number of phosphoric acid groups is 1. The Labute approximate surface area is 75.0 Å². The van der Waals surface area contributed by atoms with Crippen LogP contribution in [-0.2, 0) is 9.09 Å². The van der Waals surface area contributed by atoms with Crippen molar-refractivity contribution in [2.24, 2.45) is 0 Å². The number of hydrogen-bond acceptors (Lipinski definition) is 3. The molecule has 0 fully saturated rings. The van der Waals surface area contributed by atoms with Crippen molar-refractivity contribution in [1.82, 2.24) is 5.32 Å². The van der Waals surface area contributed by atoms with Gasteiger partial charge in [0, 0.05) is 6.04 Å². The molecule has 78 valence electrons. The zero-order chi connectivity index (χ0) is 10.5. The van der Waals surface area contributed by atoms with Crippen molar-refractivity contribution in [1.29, 1.82) is 0 Å². The third kappa shape index (κ3) is 9.29. The number of nitrogens with one attached hydrogen (secondary N) is 1. The fourth-order valence-electron chi connectivity index (χ4n) is 0.631. The van der Waals surface area contributed by atoms with Gasteiger partial charge in [0.25, 0.3) is 0 Å². The second-order valence-corrected chi connectivity index (χ2v) is 3.70. The summed E-state index contributed by atoms with van der Waals surface area (Å²) in [5, 5.41) is 10.4. The van der Waals surface area contributed by atoms with Gasteiger partial charge in [-0.05, 0) is 13.3 Å². The van der Waals surface area contributed by atoms with Gasteiger partial charge in [-0.2, -0.15) is 0 Å². The molecular weight excluding hydrogens is 201 g/mol. The van der Waals surface area contributed by atoms with Crippen LogP contribution in [0.3, 0.4) is 0 Å². The summed E-state index contributed by atoms with van der Waals surface area (Å²) in [6, 6.07) is -0.399. The first-order valence-electron chi connectivity index (χ1n) is 3.51. The lowest BCUT2D eigenvalue weighted by Crippen LogP contribution is -2.31. The Morgan fingerprint density at radius 1 is 1.62 bits per heavy atom. The van der Waals surface area contributed by atoms with Crippen LogP contribution in [0.5, 0.6) is 0 Å². The summed E-state index contributed by atoms with van der Waals surface area (Å²) in [6.07, 6.45) is -0.971. The standard InChI is InChI=1S/C5H12NO6P/c1-4(6-5(7)8)2-3-12-13(9,10)11/h4,6H,2-3H2,1H3,(H,7,8)(H2,9,10,11). The summed E-state index contributed by atoms with van der Waals surface area (Å²) >= 11 is 0. The van der Waals surface area contributed by atoms with E-state index < -0.39 is 20.0 Å². The van der Waals surface area contributed by atoms with E-state index in [2.05, 4.69) is 9.84 Å². The number of carbonyl (C=O) groups is 1. The molecule has 0 bridgehead atoms. The molecule has 4 N–H and O–H groups in total. The molecule has 13 heavy (non-hydrogen) atoms. The van der Waals surface area contributed by atoms with Crippen molar-refractivity contribution in [3.05, 3.63) is 0 Å². The molecule has 1 amide bonds. The Hall–Kier alpha value is -0.620. The maximum atomic E-state index is 10.2. The van der Waals surface area contributed by atoms with Crippen molar-refractivity contribution < 1.29 is 28.8 Å². The SMILES string of the molecule is CC(CCOP(=O)(O)O)NC(=O)O. The second-order valence-electron chi connectivity index (χ2n) is 2.46. The highest BCUT2D eigenvalue weighted by atomic mass is 31.2. The first kappa shape index (κ1) is 12.4. The molecule has 0 heterocycles. The minimum Gasteiger partial charge on any atom is -0.465 e. The van der Waals surface area contributed by atoms with Gasteiger partial charge in [0.05, 0.1) is 6.61 Å². The maximum absolute atomic E-state index is 10.2. The number of amides is 1. The van der Waals surface area contributed by atoms with Gasteiger partial charge in [0.15, 0.2) is 0 Å². The smallest absolute Gasteiger partial charge is 0.465 e. The lowest BCUT2D eigenvalue weighted by atomic mass is 10.2. The van der Waals surface area contributed by atoms with Gasteiger partial charge in [-0.15, -0.1) is 0 Å². The fourth-order valence-corrected chi connectivity index (χ4v) is 0.975. The van der Waals surface area contributed by atoms with Crippen molar-refractivity contribution in [3.8, 4) is 0 Å². The van der Waals surface area contributed by atoms with Crippen molar-refractivity contribution >= 4 is 13.9 Å². The van der Waals surface area contributed by atoms with E-state index in [9.17, 15) is 9.36 Å². The summed E-state index contributed by atoms with van der Waals surface area (Å²) in [5.41, 5.74) is 0. The first-order valence-corrected chi connectivity index (χ1v) is 5.04. The van der Waals surface area contributed by atoms with Crippen LogP contribution in [0.2, 0.25) is 0 Å². The molecule has 0 radical (unpaired) electrons.